The number of carboxylic acids is 1. The molecule has 1 N–H and O–H groups in total. The molecule has 0 unspecified atom stereocenters. The molecule has 3 aliphatic heterocycles. The Morgan fingerprint density at radius 2 is 1.17 bits per heavy atom. The summed E-state index contributed by atoms with van der Waals surface area (Å²) in [4.78, 5) is 43.4. The van der Waals surface area contributed by atoms with Crippen LogP contribution < -0.4 is 9.80 Å². The minimum Gasteiger partial charge on any atom is -0.477 e. The third-order valence-corrected chi connectivity index (χ3v) is 9.02. The Kier molecular flexibility index (Phi) is 16.1. The normalized spacial score (nSPS) is 17.2. The fraction of sp³-hybridized carbons (Fsp3) is 0.471. The van der Waals surface area contributed by atoms with Gasteiger partial charge in [0.1, 0.15) is 23.1 Å². The van der Waals surface area contributed by atoms with Crippen molar-refractivity contribution in [2.24, 2.45) is 0 Å². The average Bonchev–Trinajstić information content (AvgIpc) is 3.06. The van der Waals surface area contributed by atoms with Crippen molar-refractivity contribution in [3.05, 3.63) is 82.9 Å². The first kappa shape index (κ1) is 40.7. The zero-order valence-electron chi connectivity index (χ0n) is 27.9. The number of nitrogens with zero attached hydrogens (tertiary/aromatic N) is 7. The van der Waals surface area contributed by atoms with Crippen molar-refractivity contribution in [2.75, 3.05) is 89.3 Å². The molecule has 3 radical (unpaired) electrons. The number of hydrogen-bond acceptors (Lipinski definition) is 8. The lowest BCUT2D eigenvalue weighted by Gasteiger charge is -2.34. The predicted molar refractivity (Wildman–Crippen MR) is 194 cm³/mol. The Morgan fingerprint density at radius 3 is 1.65 bits per heavy atom. The van der Waals surface area contributed by atoms with Gasteiger partial charge in [0.05, 0.1) is 0 Å². The van der Waals surface area contributed by atoms with E-state index in [1.807, 2.05) is 36.1 Å². The number of carbonyl (C=O) groups excluding carboxylic acids is 1. The van der Waals surface area contributed by atoms with Crippen LogP contribution in [-0.4, -0.2) is 130 Å². The van der Waals surface area contributed by atoms with Crippen LogP contribution in [0.25, 0.3) is 0 Å². The van der Waals surface area contributed by atoms with Crippen LogP contribution in [0.5, 0.6) is 0 Å². The van der Waals surface area contributed by atoms with Gasteiger partial charge in [0.15, 0.2) is 5.69 Å². The van der Waals surface area contributed by atoms with Gasteiger partial charge in [0, 0.05) is 73.9 Å². The van der Waals surface area contributed by atoms with Gasteiger partial charge in [-0.1, -0.05) is 24.3 Å². The number of pyridine rings is 2. The summed E-state index contributed by atoms with van der Waals surface area (Å²) in [7, 11) is 4.20. The van der Waals surface area contributed by atoms with Gasteiger partial charge in [-0.05, 0) is 81.2 Å². The van der Waals surface area contributed by atoms with Gasteiger partial charge >= 0.3 is 5.97 Å². The zero-order valence-corrected chi connectivity index (χ0v) is 29.6. The van der Waals surface area contributed by atoms with E-state index in [1.54, 1.807) is 18.2 Å². The van der Waals surface area contributed by atoms with Gasteiger partial charge < -0.3 is 29.6 Å². The average molecular weight is 702 g/mol. The molecule has 5 heterocycles. The molecule has 48 heavy (non-hydrogen) atoms. The highest BCUT2D eigenvalue weighted by molar-refractivity contribution is 5.92. The number of halogens is 3. The summed E-state index contributed by atoms with van der Waals surface area (Å²) in [5, 5.41) is 8.86. The van der Waals surface area contributed by atoms with Gasteiger partial charge in [0.25, 0.3) is 5.91 Å². The van der Waals surface area contributed by atoms with Crippen LogP contribution in [0.1, 0.15) is 50.9 Å². The molecule has 259 valence electrons. The third-order valence-electron chi connectivity index (χ3n) is 9.02. The Hall–Kier alpha value is -3.45. The topological polar surface area (TPSA) is 96.3 Å². The summed E-state index contributed by atoms with van der Waals surface area (Å²) >= 11 is 0. The molecule has 0 bridgehead atoms. The number of aromatic nitrogens is 2. The molecule has 1 aromatic carbocycles. The molecule has 1 amide bonds. The van der Waals surface area contributed by atoms with Crippen molar-refractivity contribution in [3.63, 3.8) is 0 Å². The number of benzene rings is 1. The predicted octanol–water partition coefficient (Wildman–Crippen LogP) is 4.30. The quantitative estimate of drug-likeness (QED) is 0.391. The summed E-state index contributed by atoms with van der Waals surface area (Å²) in [6.07, 6.45) is 1.57. The van der Waals surface area contributed by atoms with E-state index in [2.05, 4.69) is 43.7 Å². The van der Waals surface area contributed by atoms with E-state index in [0.717, 1.165) is 88.0 Å². The number of likely N-dealkylation sites (N-methyl/N-ethyl adjacent to an activating group) is 2. The maximum atomic E-state index is 14.3. The van der Waals surface area contributed by atoms with Gasteiger partial charge in [0.2, 0.25) is 0 Å². The van der Waals surface area contributed by atoms with Gasteiger partial charge in [-0.3, -0.25) is 4.79 Å². The summed E-state index contributed by atoms with van der Waals surface area (Å²) in [6, 6.07) is 16.1. The summed E-state index contributed by atoms with van der Waals surface area (Å²) in [6.45, 7) is 10.9. The number of aromatic carboxylic acids is 1. The highest BCUT2D eigenvalue weighted by Crippen LogP contribution is 2.32. The molecule has 0 aliphatic carbocycles. The molecule has 3 aromatic rings. The number of carbonyl (C=O) groups is 2. The van der Waals surface area contributed by atoms with Crippen molar-refractivity contribution in [3.8, 4) is 0 Å². The number of carboxylic acid groups (broad SMARTS) is 1. The number of rotatable bonds is 5. The smallest absolute Gasteiger partial charge is 0.354 e. The molecule has 6 rings (SSSR count). The maximum Gasteiger partial charge on any atom is 0.354 e. The molecule has 0 atom stereocenters. The lowest BCUT2D eigenvalue weighted by atomic mass is 9.86. The molecule has 3 saturated heterocycles. The molecular formula is C34H46BCl2FN7O3. The number of amides is 1. The van der Waals surface area contributed by atoms with Crippen LogP contribution in [0.4, 0.5) is 16.0 Å². The molecule has 14 heteroatoms. The molecule has 3 aliphatic rings. The first-order chi connectivity index (χ1) is 21.7. The lowest BCUT2D eigenvalue weighted by molar-refractivity contribution is 0.0686. The van der Waals surface area contributed by atoms with Crippen LogP contribution in [0.3, 0.4) is 0 Å². The minimum atomic E-state index is -0.976. The maximum absolute atomic E-state index is 14.3. The molecule has 3 fully saturated rings. The van der Waals surface area contributed by atoms with E-state index in [9.17, 15) is 14.0 Å². The summed E-state index contributed by atoms with van der Waals surface area (Å²) in [5.41, 5.74) is 2.42. The number of aryl methyl sites for hydroxylation is 1. The fourth-order valence-corrected chi connectivity index (χ4v) is 6.20. The Balaban J connectivity index is 0.000000362. The largest absolute Gasteiger partial charge is 0.477 e. The van der Waals surface area contributed by atoms with Crippen molar-refractivity contribution in [2.45, 2.75) is 25.7 Å². The number of piperidine rings is 1. The van der Waals surface area contributed by atoms with Gasteiger partial charge in [-0.15, -0.1) is 24.8 Å². The van der Waals surface area contributed by atoms with E-state index < -0.39 is 5.97 Å². The summed E-state index contributed by atoms with van der Waals surface area (Å²) in [5.74, 6) is 0.677. The van der Waals surface area contributed by atoms with Crippen molar-refractivity contribution >= 4 is 56.7 Å². The fourth-order valence-electron chi connectivity index (χ4n) is 6.20. The molecule has 0 spiro atoms. The third kappa shape index (κ3) is 10.3. The first-order valence-electron chi connectivity index (χ1n) is 15.8. The Labute approximate surface area is 297 Å². The number of piperazine rings is 2. The SMILES string of the molecule is CN1CCN(c2cccc(C(=O)O)n2)CC1.Cc1cccc(F)c1C1CCN(C(=O)c2cccc(N3CCN(C)CC3)n2)CC1.Cl.Cl.[B]. The van der Waals surface area contributed by atoms with Crippen LogP contribution in [0.15, 0.2) is 54.6 Å². The highest BCUT2D eigenvalue weighted by atomic mass is 35.5. The zero-order chi connectivity index (χ0) is 31.9. The van der Waals surface area contributed by atoms with E-state index in [0.29, 0.717) is 18.8 Å². The Morgan fingerprint density at radius 1 is 0.708 bits per heavy atom. The van der Waals surface area contributed by atoms with E-state index >= 15 is 0 Å². The number of likely N-dealkylation sites (tertiary alicyclic amines) is 1. The standard InChI is InChI=1S/C23H29FN4O.C11H15N3O2.B.2ClH/c1-17-5-3-6-19(24)22(17)18-9-11-28(12-10-18)23(29)20-7-4-8-21(25-20)27-15-13-26(2)14-16-27;1-13-5-7-14(8-6-13)10-4-2-3-9(12-10)11(15)16;;;/h3-8,18H,9-16H2,1-2H3;2-4H,5-8H2,1H3,(H,15,16);;2*1H. The number of hydrogen-bond donors (Lipinski definition) is 1. The first-order valence-corrected chi connectivity index (χ1v) is 15.8. The highest BCUT2D eigenvalue weighted by Gasteiger charge is 2.28. The van der Waals surface area contributed by atoms with E-state index in [1.165, 1.54) is 12.1 Å². The lowest BCUT2D eigenvalue weighted by Crippen LogP contribution is -2.45. The molecular weight excluding hydrogens is 655 g/mol. The summed E-state index contributed by atoms with van der Waals surface area (Å²) < 4.78 is 14.3. The van der Waals surface area contributed by atoms with Crippen molar-refractivity contribution < 1.29 is 19.1 Å². The second-order valence-corrected chi connectivity index (χ2v) is 12.2. The molecule has 0 saturated carbocycles. The van der Waals surface area contributed by atoms with Crippen molar-refractivity contribution in [1.29, 1.82) is 0 Å². The van der Waals surface area contributed by atoms with E-state index in [-0.39, 0.29) is 56.6 Å². The molecule has 10 nitrogen and oxygen atoms in total. The second-order valence-electron chi connectivity index (χ2n) is 12.2. The van der Waals surface area contributed by atoms with E-state index in [4.69, 9.17) is 5.11 Å². The van der Waals surface area contributed by atoms with Gasteiger partial charge in [-0.25, -0.2) is 19.2 Å². The second kappa shape index (κ2) is 18.9. The number of anilines is 2. The Bertz CT molecular complexity index is 1460. The van der Waals surface area contributed by atoms with Crippen LogP contribution in [0.2, 0.25) is 0 Å². The van der Waals surface area contributed by atoms with Crippen LogP contribution in [0, 0.1) is 12.7 Å². The minimum absolute atomic E-state index is 0. The monoisotopic (exact) mass is 700 g/mol. The van der Waals surface area contributed by atoms with Crippen LogP contribution in [-0.2, 0) is 0 Å². The molecule has 2 aromatic heterocycles. The van der Waals surface area contributed by atoms with Crippen molar-refractivity contribution in [1.82, 2.24) is 24.7 Å². The van der Waals surface area contributed by atoms with Crippen LogP contribution >= 0.6 is 24.8 Å². The van der Waals surface area contributed by atoms with Gasteiger partial charge in [-0.2, -0.15) is 0 Å².